The smallest absolute Gasteiger partial charge is 0.252 e. The Kier molecular flexibility index (Phi) is 7.59. The molecule has 0 spiro atoms. The molecule has 0 aromatic heterocycles. The fourth-order valence-electron chi connectivity index (χ4n) is 8.70. The lowest BCUT2D eigenvalue weighted by molar-refractivity contribution is 1.19. The highest BCUT2D eigenvalue weighted by molar-refractivity contribution is 7.00. The van der Waals surface area contributed by atoms with Crippen molar-refractivity contribution in [2.75, 3.05) is 14.7 Å². The Morgan fingerprint density at radius 2 is 0.846 bits per heavy atom. The number of hydrogen-bond acceptors (Lipinski definition) is 3. The maximum absolute atomic E-state index is 2.53. The van der Waals surface area contributed by atoms with Crippen molar-refractivity contribution in [2.45, 2.75) is 41.5 Å². The van der Waals surface area contributed by atoms with Crippen molar-refractivity contribution in [1.29, 1.82) is 0 Å². The van der Waals surface area contributed by atoms with Crippen LogP contribution < -0.4 is 31.1 Å². The van der Waals surface area contributed by atoms with Gasteiger partial charge in [0.15, 0.2) is 0 Å². The summed E-state index contributed by atoms with van der Waals surface area (Å²) < 4.78 is 0. The molecular formula is C48H42BN3. The zero-order valence-corrected chi connectivity index (χ0v) is 30.8. The van der Waals surface area contributed by atoms with Gasteiger partial charge in [-0.25, -0.2) is 0 Å². The van der Waals surface area contributed by atoms with Crippen LogP contribution in [0.2, 0.25) is 0 Å². The fourth-order valence-corrected chi connectivity index (χ4v) is 8.70. The lowest BCUT2D eigenvalue weighted by Gasteiger charge is -2.45. The van der Waals surface area contributed by atoms with Crippen LogP contribution in [0.1, 0.15) is 33.4 Å². The molecule has 7 aromatic carbocycles. The number of fused-ring (bicyclic) bond motifs is 4. The van der Waals surface area contributed by atoms with Crippen LogP contribution in [-0.2, 0) is 0 Å². The summed E-state index contributed by atoms with van der Waals surface area (Å²) >= 11 is 0. The van der Waals surface area contributed by atoms with Crippen molar-refractivity contribution in [3.63, 3.8) is 0 Å². The van der Waals surface area contributed by atoms with Gasteiger partial charge in [0, 0.05) is 45.5 Å². The summed E-state index contributed by atoms with van der Waals surface area (Å²) in [4.78, 5) is 7.51. The van der Waals surface area contributed by atoms with Gasteiger partial charge in [0.2, 0.25) is 0 Å². The lowest BCUT2D eigenvalue weighted by atomic mass is 9.33. The van der Waals surface area contributed by atoms with Gasteiger partial charge >= 0.3 is 0 Å². The van der Waals surface area contributed by atoms with E-state index in [0.717, 1.165) is 11.4 Å². The first kappa shape index (κ1) is 31.9. The minimum Gasteiger partial charge on any atom is -0.311 e. The van der Waals surface area contributed by atoms with Crippen LogP contribution in [0.4, 0.5) is 51.2 Å². The maximum Gasteiger partial charge on any atom is 0.252 e. The zero-order chi connectivity index (χ0) is 35.7. The number of rotatable bonds is 5. The van der Waals surface area contributed by atoms with Gasteiger partial charge in [-0.05, 0) is 129 Å². The van der Waals surface area contributed by atoms with Crippen LogP contribution in [0.3, 0.4) is 0 Å². The highest BCUT2D eigenvalue weighted by atomic mass is 15.2. The van der Waals surface area contributed by atoms with E-state index >= 15 is 0 Å². The summed E-state index contributed by atoms with van der Waals surface area (Å²) in [5, 5.41) is 0. The maximum atomic E-state index is 2.53. The van der Waals surface area contributed by atoms with Gasteiger partial charge in [0.25, 0.3) is 6.71 Å². The van der Waals surface area contributed by atoms with Crippen molar-refractivity contribution in [2.24, 2.45) is 0 Å². The molecule has 0 atom stereocenters. The number of anilines is 9. The molecule has 0 N–H and O–H groups in total. The van der Waals surface area contributed by atoms with Crippen LogP contribution in [0, 0.1) is 41.5 Å². The highest BCUT2D eigenvalue weighted by Gasteiger charge is 2.44. The topological polar surface area (TPSA) is 9.72 Å². The van der Waals surface area contributed by atoms with Gasteiger partial charge in [0.05, 0.1) is 5.69 Å². The summed E-state index contributed by atoms with van der Waals surface area (Å²) in [5.74, 6) is 0. The molecule has 0 radical (unpaired) electrons. The molecule has 7 aromatic rings. The second-order valence-corrected chi connectivity index (χ2v) is 14.7. The summed E-state index contributed by atoms with van der Waals surface area (Å²) in [6.45, 7) is 13.3. The van der Waals surface area contributed by atoms with Gasteiger partial charge in [-0.1, -0.05) is 108 Å². The van der Waals surface area contributed by atoms with Gasteiger partial charge < -0.3 is 14.7 Å². The highest BCUT2D eigenvalue weighted by Crippen LogP contribution is 2.49. The molecule has 252 valence electrons. The molecule has 4 heteroatoms. The van der Waals surface area contributed by atoms with E-state index in [-0.39, 0.29) is 6.71 Å². The Morgan fingerprint density at radius 1 is 0.385 bits per heavy atom. The number of para-hydroxylation sites is 3. The van der Waals surface area contributed by atoms with Crippen molar-refractivity contribution >= 4 is 74.3 Å². The van der Waals surface area contributed by atoms with Crippen LogP contribution in [-0.4, -0.2) is 6.71 Å². The Balaban J connectivity index is 1.43. The third kappa shape index (κ3) is 5.05. The van der Waals surface area contributed by atoms with E-state index in [9.17, 15) is 0 Å². The average molecular weight is 672 g/mol. The zero-order valence-electron chi connectivity index (χ0n) is 30.8. The molecule has 2 aliphatic heterocycles. The van der Waals surface area contributed by atoms with Crippen molar-refractivity contribution in [3.8, 4) is 0 Å². The molecule has 52 heavy (non-hydrogen) atoms. The lowest BCUT2D eigenvalue weighted by Crippen LogP contribution is -2.61. The summed E-state index contributed by atoms with van der Waals surface area (Å²) in [6, 6.07) is 54.3. The predicted molar refractivity (Wildman–Crippen MR) is 224 cm³/mol. The van der Waals surface area contributed by atoms with E-state index in [1.165, 1.54) is 89.6 Å². The monoisotopic (exact) mass is 671 g/mol. The summed E-state index contributed by atoms with van der Waals surface area (Å²) in [5.41, 5.74) is 22.2. The number of benzene rings is 7. The van der Waals surface area contributed by atoms with E-state index in [4.69, 9.17) is 0 Å². The molecule has 0 saturated carbocycles. The third-order valence-electron chi connectivity index (χ3n) is 10.9. The number of nitrogens with zero attached hydrogens (tertiary/aromatic N) is 3. The van der Waals surface area contributed by atoms with Crippen LogP contribution in [0.25, 0.3) is 0 Å². The molecular weight excluding hydrogens is 629 g/mol. The second kappa shape index (κ2) is 12.3. The SMILES string of the molecule is Cc1ccc(N(c2ccccc2)c2cc3c4c(c2)N(c2ccc(C)cc2C)c2ccccc2B4c2ccccc2N3c2ccc(C)cc2C)c(C)c1. The standard InChI is InChI=1S/C48H42BN3/c1-31-20-23-41(34(4)26-31)50(37-14-8-7-9-15-37)38-29-46-48-47(30-38)52(43-25-22-33(3)28-36(43)6)45-19-13-11-17-40(45)49(48)39-16-10-12-18-44(39)51(46)42-24-21-32(2)27-35(42)5/h7-30H,1-6H3. The first-order valence-electron chi connectivity index (χ1n) is 18.3. The number of aryl methyl sites for hydroxylation is 6. The molecule has 0 saturated heterocycles. The predicted octanol–water partition coefficient (Wildman–Crippen LogP) is 11.1. The van der Waals surface area contributed by atoms with E-state index in [0.29, 0.717) is 0 Å². The Bertz CT molecular complexity index is 2400. The van der Waals surface area contributed by atoms with E-state index in [1.807, 2.05) is 0 Å². The fraction of sp³-hybridized carbons (Fsp3) is 0.125. The van der Waals surface area contributed by atoms with Gasteiger partial charge in [-0.2, -0.15) is 0 Å². The van der Waals surface area contributed by atoms with Crippen LogP contribution in [0.5, 0.6) is 0 Å². The van der Waals surface area contributed by atoms with Crippen LogP contribution in [0.15, 0.2) is 146 Å². The van der Waals surface area contributed by atoms with Crippen molar-refractivity contribution in [3.05, 3.63) is 179 Å². The molecule has 2 heterocycles. The molecule has 2 aliphatic rings. The van der Waals surface area contributed by atoms with E-state index < -0.39 is 0 Å². The number of hydrogen-bond donors (Lipinski definition) is 0. The molecule has 0 amide bonds. The quantitative estimate of drug-likeness (QED) is 0.169. The minimum atomic E-state index is 0.0711. The van der Waals surface area contributed by atoms with E-state index in [2.05, 4.69) is 202 Å². The molecule has 9 rings (SSSR count). The summed E-state index contributed by atoms with van der Waals surface area (Å²) in [7, 11) is 0. The second-order valence-electron chi connectivity index (χ2n) is 14.7. The Hall–Kier alpha value is -6.00. The van der Waals surface area contributed by atoms with E-state index in [1.54, 1.807) is 0 Å². The average Bonchev–Trinajstić information content (AvgIpc) is 3.14. The van der Waals surface area contributed by atoms with Gasteiger partial charge in [-0.15, -0.1) is 0 Å². The largest absolute Gasteiger partial charge is 0.311 e. The van der Waals surface area contributed by atoms with Gasteiger partial charge in [0.1, 0.15) is 0 Å². The van der Waals surface area contributed by atoms with Gasteiger partial charge in [-0.3, -0.25) is 0 Å². The van der Waals surface area contributed by atoms with Crippen LogP contribution >= 0.6 is 0 Å². The normalized spacial score (nSPS) is 12.7. The molecule has 0 bridgehead atoms. The Labute approximate surface area is 308 Å². The molecule has 0 unspecified atom stereocenters. The Morgan fingerprint density at radius 3 is 1.35 bits per heavy atom. The van der Waals surface area contributed by atoms with Crippen molar-refractivity contribution in [1.82, 2.24) is 0 Å². The minimum absolute atomic E-state index is 0.0711. The molecule has 3 nitrogen and oxygen atoms in total. The summed E-state index contributed by atoms with van der Waals surface area (Å²) in [6.07, 6.45) is 0. The third-order valence-corrected chi connectivity index (χ3v) is 10.9. The first-order chi connectivity index (χ1) is 25.3. The van der Waals surface area contributed by atoms with Crippen molar-refractivity contribution < 1.29 is 0 Å². The first-order valence-corrected chi connectivity index (χ1v) is 18.3. The molecule has 0 aliphatic carbocycles. The molecule has 0 fully saturated rings.